The Bertz CT molecular complexity index is 654. The highest BCUT2D eigenvalue weighted by Crippen LogP contribution is 2.19. The van der Waals surface area contributed by atoms with Gasteiger partial charge in [0.1, 0.15) is 0 Å². The molecular weight excluding hydrogens is 317 g/mol. The van der Waals surface area contributed by atoms with Gasteiger partial charge in [0.25, 0.3) is 0 Å². The lowest BCUT2D eigenvalue weighted by molar-refractivity contribution is 0.713. The van der Waals surface area contributed by atoms with Gasteiger partial charge in [0, 0.05) is 16.0 Å². The van der Waals surface area contributed by atoms with Crippen LogP contribution in [0.3, 0.4) is 0 Å². The Morgan fingerprint density at radius 2 is 2.19 bits per heavy atom. The molecule has 3 aromatic rings. The highest BCUT2D eigenvalue weighted by molar-refractivity contribution is 14.1. The zero-order valence-corrected chi connectivity index (χ0v) is 10.7. The molecule has 0 bridgehead atoms. The Labute approximate surface area is 105 Å². The highest BCUT2D eigenvalue weighted by atomic mass is 127. The van der Waals surface area contributed by atoms with E-state index in [0.29, 0.717) is 0 Å². The van der Waals surface area contributed by atoms with Crippen LogP contribution in [0.2, 0.25) is 0 Å². The molecule has 1 aromatic carbocycles. The first-order chi connectivity index (χ1) is 7.74. The lowest BCUT2D eigenvalue weighted by atomic mass is 10.3. The normalized spacial score (nSPS) is 11.1. The second kappa shape index (κ2) is 3.55. The molecule has 80 valence electrons. The molecular formula is C10H8IN5. The van der Waals surface area contributed by atoms with Crippen molar-refractivity contribution in [3.05, 3.63) is 34.2 Å². The van der Waals surface area contributed by atoms with E-state index in [2.05, 4.69) is 50.1 Å². The van der Waals surface area contributed by atoms with Crippen molar-refractivity contribution < 1.29 is 0 Å². The van der Waals surface area contributed by atoms with E-state index >= 15 is 0 Å². The summed E-state index contributed by atoms with van der Waals surface area (Å²) in [5.74, 6) is 0.735. The number of hydrogen-bond donors (Lipinski definition) is 0. The predicted octanol–water partition coefficient (Wildman–Crippen LogP) is 1.76. The van der Waals surface area contributed by atoms with Gasteiger partial charge in [-0.15, -0.1) is 5.10 Å². The number of rotatable bonds is 1. The fourth-order valence-electron chi connectivity index (χ4n) is 1.62. The second-order valence-electron chi connectivity index (χ2n) is 3.51. The van der Waals surface area contributed by atoms with Crippen molar-refractivity contribution in [2.45, 2.75) is 0 Å². The Balaban J connectivity index is 2.25. The van der Waals surface area contributed by atoms with Crippen LogP contribution in [-0.2, 0) is 7.05 Å². The summed E-state index contributed by atoms with van der Waals surface area (Å²) < 4.78 is 4.65. The minimum Gasteiger partial charge on any atom is -0.253 e. The molecule has 0 unspecified atom stereocenters. The summed E-state index contributed by atoms with van der Waals surface area (Å²) in [5, 5.41) is 13.4. The zero-order valence-electron chi connectivity index (χ0n) is 8.50. The molecule has 2 aromatic heterocycles. The van der Waals surface area contributed by atoms with Gasteiger partial charge in [0.05, 0.1) is 17.9 Å². The van der Waals surface area contributed by atoms with Crippen LogP contribution in [0.1, 0.15) is 0 Å². The fourth-order valence-corrected chi connectivity index (χ4v) is 2.13. The van der Waals surface area contributed by atoms with Crippen molar-refractivity contribution in [3.8, 4) is 5.82 Å². The van der Waals surface area contributed by atoms with Gasteiger partial charge in [-0.25, -0.2) is 4.68 Å². The topological polar surface area (TPSA) is 48.5 Å². The first kappa shape index (κ1) is 9.76. The van der Waals surface area contributed by atoms with Crippen LogP contribution in [-0.4, -0.2) is 24.8 Å². The molecule has 0 fully saturated rings. The molecule has 0 saturated carbocycles. The summed E-state index contributed by atoms with van der Waals surface area (Å²) in [5.41, 5.74) is 1.04. The minimum absolute atomic E-state index is 0.735. The summed E-state index contributed by atoms with van der Waals surface area (Å²) in [7, 11) is 1.84. The first-order valence-corrected chi connectivity index (χ1v) is 5.82. The van der Waals surface area contributed by atoms with Crippen LogP contribution in [0.25, 0.3) is 16.7 Å². The third-order valence-electron chi connectivity index (χ3n) is 2.34. The summed E-state index contributed by atoms with van der Waals surface area (Å²) in [6, 6.07) is 6.19. The molecule has 0 amide bonds. The standard InChI is InChI=1S/C10H8IN5/c1-15-6-10(13-14-15)16-9-3-2-8(11)4-7(9)5-12-16/h2-6H,1H3. The van der Waals surface area contributed by atoms with E-state index < -0.39 is 0 Å². The van der Waals surface area contributed by atoms with Crippen molar-refractivity contribution in [1.82, 2.24) is 24.8 Å². The fraction of sp³-hybridized carbons (Fsp3) is 0.100. The first-order valence-electron chi connectivity index (χ1n) is 4.74. The Hall–Kier alpha value is -1.44. The van der Waals surface area contributed by atoms with Crippen molar-refractivity contribution in [2.24, 2.45) is 7.05 Å². The smallest absolute Gasteiger partial charge is 0.196 e. The molecule has 0 aliphatic carbocycles. The molecule has 0 aliphatic rings. The van der Waals surface area contributed by atoms with E-state index in [-0.39, 0.29) is 0 Å². The molecule has 2 heterocycles. The van der Waals surface area contributed by atoms with E-state index in [1.54, 1.807) is 9.36 Å². The molecule has 5 nitrogen and oxygen atoms in total. The van der Waals surface area contributed by atoms with Crippen molar-refractivity contribution in [1.29, 1.82) is 0 Å². The van der Waals surface area contributed by atoms with Gasteiger partial charge < -0.3 is 0 Å². The number of halogens is 1. The molecule has 0 saturated heterocycles. The average Bonchev–Trinajstić information content (AvgIpc) is 2.83. The van der Waals surface area contributed by atoms with Crippen molar-refractivity contribution in [2.75, 3.05) is 0 Å². The molecule has 0 N–H and O–H groups in total. The zero-order chi connectivity index (χ0) is 11.1. The third kappa shape index (κ3) is 1.49. The van der Waals surface area contributed by atoms with Gasteiger partial charge in [-0.2, -0.15) is 5.10 Å². The number of nitrogens with zero attached hydrogens (tertiary/aromatic N) is 5. The van der Waals surface area contributed by atoms with Gasteiger partial charge in [-0.05, 0) is 40.8 Å². The highest BCUT2D eigenvalue weighted by Gasteiger charge is 2.07. The SMILES string of the molecule is Cn1cc(-n2ncc3cc(I)ccc32)nn1. The predicted molar refractivity (Wildman–Crippen MR) is 68.3 cm³/mol. The maximum atomic E-state index is 4.32. The van der Waals surface area contributed by atoms with E-state index in [1.165, 1.54) is 3.57 Å². The minimum atomic E-state index is 0.735. The van der Waals surface area contributed by atoms with Gasteiger partial charge >= 0.3 is 0 Å². The molecule has 0 radical (unpaired) electrons. The summed E-state index contributed by atoms with van der Waals surface area (Å²) in [4.78, 5) is 0. The number of aromatic nitrogens is 5. The Morgan fingerprint density at radius 3 is 2.94 bits per heavy atom. The van der Waals surface area contributed by atoms with Gasteiger partial charge in [0.15, 0.2) is 5.82 Å². The van der Waals surface area contributed by atoms with E-state index in [4.69, 9.17) is 0 Å². The largest absolute Gasteiger partial charge is 0.253 e. The third-order valence-corrected chi connectivity index (χ3v) is 3.01. The monoisotopic (exact) mass is 325 g/mol. The summed E-state index contributed by atoms with van der Waals surface area (Å²) >= 11 is 2.29. The van der Waals surface area contributed by atoms with Gasteiger partial charge in [-0.1, -0.05) is 5.21 Å². The van der Waals surface area contributed by atoms with Crippen molar-refractivity contribution >= 4 is 33.5 Å². The Morgan fingerprint density at radius 1 is 1.31 bits per heavy atom. The number of hydrogen-bond acceptors (Lipinski definition) is 3. The van der Waals surface area contributed by atoms with E-state index in [1.807, 2.05) is 25.5 Å². The number of benzene rings is 1. The Kier molecular flexibility index (Phi) is 2.16. The lowest BCUT2D eigenvalue weighted by Gasteiger charge is -1.97. The molecule has 16 heavy (non-hydrogen) atoms. The number of fused-ring (bicyclic) bond motifs is 1. The maximum Gasteiger partial charge on any atom is 0.196 e. The van der Waals surface area contributed by atoms with E-state index in [0.717, 1.165) is 16.7 Å². The van der Waals surface area contributed by atoms with Crippen molar-refractivity contribution in [3.63, 3.8) is 0 Å². The summed E-state index contributed by atoms with van der Waals surface area (Å²) in [6.07, 6.45) is 3.68. The van der Waals surface area contributed by atoms with Crippen LogP contribution in [0.15, 0.2) is 30.6 Å². The molecule has 6 heteroatoms. The number of aryl methyl sites for hydroxylation is 1. The van der Waals surface area contributed by atoms with Gasteiger partial charge in [0.2, 0.25) is 0 Å². The van der Waals surface area contributed by atoms with E-state index in [9.17, 15) is 0 Å². The van der Waals surface area contributed by atoms with Crippen LogP contribution in [0, 0.1) is 3.57 Å². The van der Waals surface area contributed by atoms with Gasteiger partial charge in [-0.3, -0.25) is 4.68 Å². The summed E-state index contributed by atoms with van der Waals surface area (Å²) in [6.45, 7) is 0. The second-order valence-corrected chi connectivity index (χ2v) is 4.76. The average molecular weight is 325 g/mol. The molecule has 3 rings (SSSR count). The van der Waals surface area contributed by atoms with Crippen LogP contribution < -0.4 is 0 Å². The lowest BCUT2D eigenvalue weighted by Crippen LogP contribution is -1.96. The molecule has 0 aliphatic heterocycles. The van der Waals surface area contributed by atoms with Crippen LogP contribution >= 0.6 is 22.6 Å². The molecule has 0 atom stereocenters. The molecule has 0 spiro atoms. The quantitative estimate of drug-likeness (QED) is 0.641. The maximum absolute atomic E-state index is 4.32. The van der Waals surface area contributed by atoms with Crippen LogP contribution in [0.4, 0.5) is 0 Å². The van der Waals surface area contributed by atoms with Crippen LogP contribution in [0.5, 0.6) is 0 Å².